The van der Waals surface area contributed by atoms with Gasteiger partial charge in [-0.25, -0.2) is 8.78 Å². The summed E-state index contributed by atoms with van der Waals surface area (Å²) in [5.74, 6) is 3.18. The van der Waals surface area contributed by atoms with Crippen molar-refractivity contribution < 1.29 is 18.6 Å². The number of fused-ring (bicyclic) bond motifs is 6. The number of alkyl halides is 1. The van der Waals surface area contributed by atoms with E-state index in [-0.39, 0.29) is 16.9 Å². The summed E-state index contributed by atoms with van der Waals surface area (Å²) in [6.45, 7) is 4.19. The second-order valence-electron chi connectivity index (χ2n) is 14.1. The van der Waals surface area contributed by atoms with Crippen LogP contribution in [0.15, 0.2) is 24.3 Å². The average Bonchev–Trinajstić information content (AvgIpc) is 3.46. The highest BCUT2D eigenvalue weighted by molar-refractivity contribution is 6.00. The van der Waals surface area contributed by atoms with Crippen LogP contribution in [-0.2, 0) is 12.0 Å². The number of benzene rings is 2. The zero-order valence-corrected chi connectivity index (χ0v) is 25.4. The summed E-state index contributed by atoms with van der Waals surface area (Å²) in [5, 5.41) is 15.9. The Bertz CT molecular complexity index is 1740. The molecule has 234 valence electrons. The monoisotopic (exact) mass is 612 g/mol. The Balaban J connectivity index is 1.15. The Morgan fingerprint density at radius 3 is 2.69 bits per heavy atom. The van der Waals surface area contributed by atoms with Gasteiger partial charge in [0, 0.05) is 61.7 Å². The molecule has 2 bridgehead atoms. The third-order valence-corrected chi connectivity index (χ3v) is 11.4. The van der Waals surface area contributed by atoms with Gasteiger partial charge in [-0.1, -0.05) is 12.0 Å². The highest BCUT2D eigenvalue weighted by Crippen LogP contribution is 2.57. The number of terminal acetylenes is 1. The second kappa shape index (κ2) is 9.91. The fraction of sp³-hybridized carbons (Fsp3) is 0.543. The summed E-state index contributed by atoms with van der Waals surface area (Å²) >= 11 is 0. The van der Waals surface area contributed by atoms with Gasteiger partial charge in [-0.3, -0.25) is 4.90 Å². The first-order chi connectivity index (χ1) is 21.9. The summed E-state index contributed by atoms with van der Waals surface area (Å²) in [5.41, 5.74) is 2.29. The van der Waals surface area contributed by atoms with Gasteiger partial charge in [-0.2, -0.15) is 9.97 Å². The SMILES string of the molecule is C#Cc1c(F)ccc2cc(O)cc(N3CCc4c(N5CC6CCC(C5)N6)nc(OC[C@@]56CCCN5C[C@H](F)C6)nc4C34CC4)c12. The first kappa shape index (κ1) is 27.6. The third-order valence-electron chi connectivity index (χ3n) is 11.4. The van der Waals surface area contributed by atoms with E-state index >= 15 is 4.39 Å². The van der Waals surface area contributed by atoms with Crippen molar-refractivity contribution in [3.05, 3.63) is 46.9 Å². The molecule has 2 N–H and O–H groups in total. The molecule has 9 rings (SSSR count). The minimum Gasteiger partial charge on any atom is -0.508 e. The number of aromatic hydroxyl groups is 1. The van der Waals surface area contributed by atoms with E-state index in [9.17, 15) is 9.50 Å². The lowest BCUT2D eigenvalue weighted by Gasteiger charge is -2.42. The maximum Gasteiger partial charge on any atom is 0.318 e. The molecule has 5 fully saturated rings. The number of nitrogens with zero attached hydrogens (tertiary/aromatic N) is 5. The number of hydrogen-bond donors (Lipinski definition) is 2. The van der Waals surface area contributed by atoms with Gasteiger partial charge in [0.25, 0.3) is 0 Å². The molecule has 1 spiro atoms. The smallest absolute Gasteiger partial charge is 0.318 e. The molecule has 0 radical (unpaired) electrons. The number of ether oxygens (including phenoxy) is 1. The van der Waals surface area contributed by atoms with Gasteiger partial charge in [-0.05, 0) is 69.0 Å². The summed E-state index contributed by atoms with van der Waals surface area (Å²) in [6.07, 6.45) is 12.2. The van der Waals surface area contributed by atoms with Crippen LogP contribution in [0.2, 0.25) is 0 Å². The lowest BCUT2D eigenvalue weighted by Crippen LogP contribution is -2.52. The molecule has 8 nitrogen and oxygen atoms in total. The lowest BCUT2D eigenvalue weighted by molar-refractivity contribution is 0.107. The number of aromatic nitrogens is 2. The maximum atomic E-state index is 15.0. The number of piperazine rings is 1. The Morgan fingerprint density at radius 1 is 1.09 bits per heavy atom. The van der Waals surface area contributed by atoms with E-state index in [1.807, 2.05) is 0 Å². The van der Waals surface area contributed by atoms with Crippen LogP contribution in [0.5, 0.6) is 11.8 Å². The van der Waals surface area contributed by atoms with Crippen LogP contribution in [0.1, 0.15) is 61.8 Å². The van der Waals surface area contributed by atoms with Gasteiger partial charge in [0.2, 0.25) is 0 Å². The van der Waals surface area contributed by atoms with Crippen molar-refractivity contribution in [2.24, 2.45) is 0 Å². The topological polar surface area (TPSA) is 77.0 Å². The quantitative estimate of drug-likeness (QED) is 0.411. The molecule has 0 amide bonds. The standard InChI is InChI=1S/C35H38F2N6O2/c1-2-26-28(37)7-4-21-14-25(44)15-29(30(21)26)43-13-8-27-31(35(43)10-11-35)39-33(40-32(27)41-18-23-5-6-24(19-41)38-23)45-20-34-9-3-12-42(34)17-22(36)16-34/h1,4,7,14-15,22-24,38,44H,3,5-6,8-13,16-20H2/t22-,23?,24?,34+/m1/s1. The lowest BCUT2D eigenvalue weighted by atomic mass is 9.92. The summed E-state index contributed by atoms with van der Waals surface area (Å²) in [6, 6.07) is 7.62. The molecule has 1 aromatic heterocycles. The summed E-state index contributed by atoms with van der Waals surface area (Å²) in [7, 11) is 0. The molecule has 6 heterocycles. The molecule has 1 saturated carbocycles. The van der Waals surface area contributed by atoms with Crippen LogP contribution in [0.4, 0.5) is 20.3 Å². The largest absolute Gasteiger partial charge is 0.508 e. The molecule has 6 aliphatic rings. The van der Waals surface area contributed by atoms with Crippen molar-refractivity contribution in [1.82, 2.24) is 20.2 Å². The van der Waals surface area contributed by atoms with Crippen LogP contribution in [0, 0.1) is 18.2 Å². The number of rotatable bonds is 5. The van der Waals surface area contributed by atoms with Gasteiger partial charge in [0.15, 0.2) is 0 Å². The minimum atomic E-state index is -0.830. The number of hydrogen-bond acceptors (Lipinski definition) is 8. The molecule has 1 aliphatic carbocycles. The van der Waals surface area contributed by atoms with E-state index in [2.05, 4.69) is 25.9 Å². The number of halogens is 2. The van der Waals surface area contributed by atoms with Gasteiger partial charge in [0.1, 0.15) is 30.2 Å². The Morgan fingerprint density at radius 2 is 1.91 bits per heavy atom. The summed E-state index contributed by atoms with van der Waals surface area (Å²) in [4.78, 5) is 17.2. The molecule has 2 aromatic carbocycles. The van der Waals surface area contributed by atoms with Crippen LogP contribution in [0.3, 0.4) is 0 Å². The Hall–Kier alpha value is -3.68. The second-order valence-corrected chi connectivity index (χ2v) is 14.1. The predicted molar refractivity (Wildman–Crippen MR) is 168 cm³/mol. The van der Waals surface area contributed by atoms with Crippen LogP contribution >= 0.6 is 0 Å². The molecule has 10 heteroatoms. The highest BCUT2D eigenvalue weighted by Gasteiger charge is 2.56. The molecular weight excluding hydrogens is 574 g/mol. The molecule has 3 aromatic rings. The van der Waals surface area contributed by atoms with Crippen molar-refractivity contribution in [1.29, 1.82) is 0 Å². The molecule has 5 aliphatic heterocycles. The first-order valence-corrected chi connectivity index (χ1v) is 16.5. The maximum absolute atomic E-state index is 15.0. The van der Waals surface area contributed by atoms with E-state index in [0.29, 0.717) is 61.4 Å². The van der Waals surface area contributed by atoms with E-state index in [1.54, 1.807) is 18.2 Å². The van der Waals surface area contributed by atoms with Gasteiger partial charge in [-0.15, -0.1) is 6.42 Å². The zero-order valence-electron chi connectivity index (χ0n) is 25.4. The van der Waals surface area contributed by atoms with Crippen LogP contribution in [0.25, 0.3) is 10.8 Å². The predicted octanol–water partition coefficient (Wildman–Crippen LogP) is 4.40. The van der Waals surface area contributed by atoms with Crippen molar-refractivity contribution in [3.8, 4) is 24.1 Å². The Kier molecular flexibility index (Phi) is 6.08. The molecule has 4 saturated heterocycles. The van der Waals surface area contributed by atoms with Crippen LogP contribution in [-0.4, -0.2) is 83.1 Å². The van der Waals surface area contributed by atoms with Crippen LogP contribution < -0.4 is 19.9 Å². The van der Waals surface area contributed by atoms with Crippen molar-refractivity contribution in [2.45, 2.75) is 80.7 Å². The number of nitrogens with one attached hydrogen (secondary N) is 1. The number of phenolic OH excluding ortho intramolecular Hbond substituents is 1. The highest BCUT2D eigenvalue weighted by atomic mass is 19.1. The number of phenols is 1. The van der Waals surface area contributed by atoms with Crippen molar-refractivity contribution >= 4 is 22.3 Å². The fourth-order valence-corrected chi connectivity index (χ4v) is 9.31. The normalized spacial score (nSPS) is 29.7. The molecule has 2 unspecified atom stereocenters. The van der Waals surface area contributed by atoms with Gasteiger partial charge >= 0.3 is 6.01 Å². The third kappa shape index (κ3) is 4.23. The first-order valence-electron chi connectivity index (χ1n) is 16.5. The van der Waals surface area contributed by atoms with E-state index in [1.165, 1.54) is 6.07 Å². The molecule has 4 atom stereocenters. The zero-order chi connectivity index (χ0) is 30.5. The Labute approximate surface area is 261 Å². The van der Waals surface area contributed by atoms with Gasteiger partial charge in [0.05, 0.1) is 28.0 Å². The molecule has 45 heavy (non-hydrogen) atoms. The van der Waals surface area contributed by atoms with E-state index < -0.39 is 17.5 Å². The van der Waals surface area contributed by atoms with Crippen molar-refractivity contribution in [2.75, 3.05) is 49.1 Å². The number of anilines is 2. The van der Waals surface area contributed by atoms with E-state index in [0.717, 1.165) is 80.9 Å². The fourth-order valence-electron chi connectivity index (χ4n) is 9.31. The molecular formula is C35H38F2N6O2. The van der Waals surface area contributed by atoms with Crippen molar-refractivity contribution in [3.63, 3.8) is 0 Å². The van der Waals surface area contributed by atoms with Gasteiger partial charge < -0.3 is 25.0 Å². The summed E-state index contributed by atoms with van der Waals surface area (Å²) < 4.78 is 36.1. The van der Waals surface area contributed by atoms with E-state index in [4.69, 9.17) is 21.1 Å². The minimum absolute atomic E-state index is 0.112. The average molecular weight is 613 g/mol.